The monoisotopic (exact) mass is 404 g/mol. The molecule has 150 valence electrons. The molecule has 0 bridgehead atoms. The third-order valence-electron chi connectivity index (χ3n) is 5.36. The molecule has 5 rings (SSSR count). The summed E-state index contributed by atoms with van der Waals surface area (Å²) < 4.78 is 7.14. The zero-order valence-electron chi connectivity index (χ0n) is 17.0. The molecule has 0 fully saturated rings. The fourth-order valence-corrected chi connectivity index (χ4v) is 3.87. The first-order valence-electron chi connectivity index (χ1n) is 10.1. The lowest BCUT2D eigenvalue weighted by Crippen LogP contribution is -2.22. The zero-order valence-corrected chi connectivity index (χ0v) is 17.0. The molecule has 5 aromatic rings. The van der Waals surface area contributed by atoms with Gasteiger partial charge in [0.05, 0.1) is 23.7 Å². The Morgan fingerprint density at radius 2 is 1.48 bits per heavy atom. The first-order valence-corrected chi connectivity index (χ1v) is 10.1. The van der Waals surface area contributed by atoms with E-state index in [4.69, 9.17) is 9.72 Å². The van der Waals surface area contributed by atoms with E-state index in [-0.39, 0.29) is 5.56 Å². The van der Waals surface area contributed by atoms with Crippen molar-refractivity contribution in [1.29, 1.82) is 0 Å². The van der Waals surface area contributed by atoms with Crippen molar-refractivity contribution in [3.05, 3.63) is 113 Å². The minimum absolute atomic E-state index is 0.132. The second-order valence-electron chi connectivity index (χ2n) is 7.20. The van der Waals surface area contributed by atoms with E-state index in [2.05, 4.69) is 24.3 Å². The largest absolute Gasteiger partial charge is 0.495 e. The van der Waals surface area contributed by atoms with Gasteiger partial charge in [0.15, 0.2) is 0 Å². The minimum atomic E-state index is -0.132. The van der Waals surface area contributed by atoms with Gasteiger partial charge in [-0.2, -0.15) is 0 Å². The lowest BCUT2D eigenvalue weighted by Gasteiger charge is -2.14. The zero-order chi connectivity index (χ0) is 21.2. The number of nitrogens with zero attached hydrogens (tertiary/aromatic N) is 2. The Labute approximate surface area is 179 Å². The molecule has 0 saturated heterocycles. The van der Waals surface area contributed by atoms with Crippen LogP contribution in [0, 0.1) is 0 Å². The molecule has 31 heavy (non-hydrogen) atoms. The molecule has 1 heterocycles. The normalized spacial score (nSPS) is 11.4. The van der Waals surface area contributed by atoms with E-state index in [0.717, 1.165) is 10.9 Å². The van der Waals surface area contributed by atoms with Crippen molar-refractivity contribution >= 4 is 33.8 Å². The molecule has 4 heteroatoms. The number of rotatable bonds is 4. The third kappa shape index (κ3) is 3.38. The molecule has 0 spiro atoms. The number of fused-ring (bicyclic) bond motifs is 2. The highest BCUT2D eigenvalue weighted by Crippen LogP contribution is 2.25. The molecule has 0 radical (unpaired) electrons. The van der Waals surface area contributed by atoms with Crippen LogP contribution in [0.15, 0.2) is 95.8 Å². The maximum absolute atomic E-state index is 13.5. The number of para-hydroxylation sites is 3. The van der Waals surface area contributed by atoms with Crippen LogP contribution in [0.5, 0.6) is 5.75 Å². The molecule has 0 aliphatic carbocycles. The SMILES string of the molecule is COc1ccccc1-n1c(C=Cc2cccc3ccccc23)nc2ccccc2c1=O. The van der Waals surface area contributed by atoms with Crippen LogP contribution in [-0.4, -0.2) is 16.7 Å². The summed E-state index contributed by atoms with van der Waals surface area (Å²) in [5.41, 5.74) is 2.25. The predicted molar refractivity (Wildman–Crippen MR) is 127 cm³/mol. The first-order chi connectivity index (χ1) is 15.3. The summed E-state index contributed by atoms with van der Waals surface area (Å²) in [6.45, 7) is 0. The number of benzene rings is 4. The summed E-state index contributed by atoms with van der Waals surface area (Å²) in [6.07, 6.45) is 3.90. The minimum Gasteiger partial charge on any atom is -0.495 e. The van der Waals surface area contributed by atoms with Gasteiger partial charge in [-0.05, 0) is 46.7 Å². The smallest absolute Gasteiger partial charge is 0.266 e. The van der Waals surface area contributed by atoms with Crippen LogP contribution in [0.1, 0.15) is 11.4 Å². The Bertz CT molecular complexity index is 1490. The van der Waals surface area contributed by atoms with Crippen LogP contribution in [-0.2, 0) is 0 Å². The maximum Gasteiger partial charge on any atom is 0.266 e. The second kappa shape index (κ2) is 7.92. The van der Waals surface area contributed by atoms with Crippen LogP contribution in [0.2, 0.25) is 0 Å². The Morgan fingerprint density at radius 3 is 2.35 bits per heavy atom. The van der Waals surface area contributed by atoms with E-state index >= 15 is 0 Å². The Morgan fingerprint density at radius 1 is 0.774 bits per heavy atom. The number of hydrogen-bond donors (Lipinski definition) is 0. The van der Waals surface area contributed by atoms with Crippen molar-refractivity contribution < 1.29 is 4.74 Å². The van der Waals surface area contributed by atoms with Crippen LogP contribution in [0.4, 0.5) is 0 Å². The highest BCUT2D eigenvalue weighted by molar-refractivity contribution is 5.92. The van der Waals surface area contributed by atoms with Crippen LogP contribution in [0.25, 0.3) is 39.5 Å². The van der Waals surface area contributed by atoms with E-state index in [0.29, 0.717) is 28.2 Å². The fourth-order valence-electron chi connectivity index (χ4n) is 3.87. The number of methoxy groups -OCH3 is 1. The first kappa shape index (κ1) is 18.8. The van der Waals surface area contributed by atoms with Gasteiger partial charge in [-0.15, -0.1) is 0 Å². The summed E-state index contributed by atoms with van der Waals surface area (Å²) in [5.74, 6) is 1.16. The Hall–Kier alpha value is -4.18. The average molecular weight is 404 g/mol. The molecule has 4 aromatic carbocycles. The number of hydrogen-bond acceptors (Lipinski definition) is 3. The quantitative estimate of drug-likeness (QED) is 0.385. The van der Waals surface area contributed by atoms with E-state index in [1.54, 1.807) is 17.7 Å². The molecule has 0 amide bonds. The van der Waals surface area contributed by atoms with E-state index in [9.17, 15) is 4.79 Å². The molecular weight excluding hydrogens is 384 g/mol. The molecule has 0 N–H and O–H groups in total. The Balaban J connectivity index is 1.76. The molecular formula is C27H20N2O2. The highest BCUT2D eigenvalue weighted by atomic mass is 16.5. The van der Waals surface area contributed by atoms with Gasteiger partial charge in [-0.3, -0.25) is 9.36 Å². The third-order valence-corrected chi connectivity index (χ3v) is 5.36. The molecule has 0 atom stereocenters. The van der Waals surface area contributed by atoms with Crippen LogP contribution < -0.4 is 10.3 Å². The van der Waals surface area contributed by atoms with E-state index < -0.39 is 0 Å². The van der Waals surface area contributed by atoms with Crippen molar-refractivity contribution in [2.24, 2.45) is 0 Å². The summed E-state index contributed by atoms with van der Waals surface area (Å²) in [6, 6.07) is 29.3. The summed E-state index contributed by atoms with van der Waals surface area (Å²) in [4.78, 5) is 18.3. The lowest BCUT2D eigenvalue weighted by atomic mass is 10.0. The van der Waals surface area contributed by atoms with Crippen molar-refractivity contribution in [2.75, 3.05) is 7.11 Å². The molecule has 0 aliphatic rings. The molecule has 0 unspecified atom stereocenters. The van der Waals surface area contributed by atoms with Crippen molar-refractivity contribution in [1.82, 2.24) is 9.55 Å². The van der Waals surface area contributed by atoms with Crippen molar-refractivity contribution in [2.45, 2.75) is 0 Å². The van der Waals surface area contributed by atoms with Gasteiger partial charge in [-0.25, -0.2) is 4.98 Å². The summed E-state index contributed by atoms with van der Waals surface area (Å²) in [5, 5.41) is 2.88. The summed E-state index contributed by atoms with van der Waals surface area (Å²) in [7, 11) is 1.60. The van der Waals surface area contributed by atoms with Gasteiger partial charge >= 0.3 is 0 Å². The molecule has 0 aliphatic heterocycles. The number of aromatic nitrogens is 2. The Kier molecular flexibility index (Phi) is 4.81. The highest BCUT2D eigenvalue weighted by Gasteiger charge is 2.14. The lowest BCUT2D eigenvalue weighted by molar-refractivity contribution is 0.412. The molecule has 0 saturated carbocycles. The molecule has 4 nitrogen and oxygen atoms in total. The van der Waals surface area contributed by atoms with Gasteiger partial charge in [-0.1, -0.05) is 72.8 Å². The van der Waals surface area contributed by atoms with Crippen molar-refractivity contribution in [3.63, 3.8) is 0 Å². The number of ether oxygens (including phenoxy) is 1. The van der Waals surface area contributed by atoms with Gasteiger partial charge in [0, 0.05) is 0 Å². The summed E-state index contributed by atoms with van der Waals surface area (Å²) >= 11 is 0. The maximum atomic E-state index is 13.5. The van der Waals surface area contributed by atoms with Crippen LogP contribution >= 0.6 is 0 Å². The standard InChI is InChI=1S/C27H20N2O2/c1-31-25-16-7-6-15-24(25)29-26(28-23-14-5-4-13-22(23)27(29)30)18-17-20-11-8-10-19-9-2-3-12-21(19)20/h2-18H,1H3. The van der Waals surface area contributed by atoms with Gasteiger partial charge in [0.2, 0.25) is 0 Å². The van der Waals surface area contributed by atoms with Crippen LogP contribution in [0.3, 0.4) is 0 Å². The van der Waals surface area contributed by atoms with Crippen molar-refractivity contribution in [3.8, 4) is 11.4 Å². The fraction of sp³-hybridized carbons (Fsp3) is 0.0370. The second-order valence-corrected chi connectivity index (χ2v) is 7.20. The predicted octanol–water partition coefficient (Wildman–Crippen LogP) is 5.72. The van der Waals surface area contributed by atoms with E-state index in [1.807, 2.05) is 72.8 Å². The molecule has 1 aromatic heterocycles. The van der Waals surface area contributed by atoms with Gasteiger partial charge in [0.1, 0.15) is 11.6 Å². The van der Waals surface area contributed by atoms with Gasteiger partial charge < -0.3 is 4.74 Å². The topological polar surface area (TPSA) is 44.1 Å². The van der Waals surface area contributed by atoms with E-state index in [1.165, 1.54) is 5.39 Å². The average Bonchev–Trinajstić information content (AvgIpc) is 2.83. The van der Waals surface area contributed by atoms with Gasteiger partial charge in [0.25, 0.3) is 5.56 Å².